The maximum absolute atomic E-state index is 11.6. The Hall–Kier alpha value is -2.14. The van der Waals surface area contributed by atoms with E-state index in [1.807, 2.05) is 36.5 Å². The molecule has 0 saturated heterocycles. The topological polar surface area (TPSA) is 72.9 Å². The van der Waals surface area contributed by atoms with Crippen LogP contribution in [0.1, 0.15) is 18.9 Å². The van der Waals surface area contributed by atoms with E-state index in [-0.39, 0.29) is 11.9 Å². The third-order valence-corrected chi connectivity index (χ3v) is 2.61. The summed E-state index contributed by atoms with van der Waals surface area (Å²) in [4.78, 5) is 11.6. The molecule has 1 aromatic carbocycles. The lowest BCUT2D eigenvalue weighted by atomic mass is 10.2. The summed E-state index contributed by atoms with van der Waals surface area (Å²) in [5.74, 6) is -0.0886. The highest BCUT2D eigenvalue weighted by molar-refractivity contribution is 5.90. The molecule has 0 spiro atoms. The smallest absolute Gasteiger partial charge is 0.226 e. The Labute approximate surface area is 112 Å². The van der Waals surface area contributed by atoms with Gasteiger partial charge in [0.1, 0.15) is 0 Å². The van der Waals surface area contributed by atoms with E-state index in [4.69, 9.17) is 5.73 Å². The molecule has 2 rings (SSSR count). The summed E-state index contributed by atoms with van der Waals surface area (Å²) < 4.78 is 1.79. The molecular formula is C14H18N4O. The third kappa shape index (κ3) is 4.22. The Kier molecular flexibility index (Phi) is 4.30. The van der Waals surface area contributed by atoms with E-state index in [0.717, 1.165) is 0 Å². The van der Waals surface area contributed by atoms with Crippen molar-refractivity contribution in [2.45, 2.75) is 25.9 Å². The molecule has 0 saturated carbocycles. The van der Waals surface area contributed by atoms with E-state index in [9.17, 15) is 4.79 Å². The maximum atomic E-state index is 11.6. The first-order chi connectivity index (χ1) is 9.13. The van der Waals surface area contributed by atoms with Gasteiger partial charge in [-0.25, -0.2) is 0 Å². The molecule has 1 aromatic heterocycles. The first kappa shape index (κ1) is 13.3. The van der Waals surface area contributed by atoms with Gasteiger partial charge in [-0.2, -0.15) is 5.10 Å². The number of rotatable bonds is 5. The monoisotopic (exact) mass is 258 g/mol. The fraction of sp³-hybridized carbons (Fsp3) is 0.286. The van der Waals surface area contributed by atoms with Crippen LogP contribution in [-0.2, 0) is 11.3 Å². The number of nitrogens with one attached hydrogen (secondary N) is 1. The second-order valence-electron chi connectivity index (χ2n) is 4.64. The van der Waals surface area contributed by atoms with Crippen molar-refractivity contribution in [3.63, 3.8) is 0 Å². The minimum atomic E-state index is -0.139. The van der Waals surface area contributed by atoms with E-state index in [0.29, 0.717) is 18.7 Å². The fourth-order valence-electron chi connectivity index (χ4n) is 1.79. The first-order valence-electron chi connectivity index (χ1n) is 6.25. The molecule has 19 heavy (non-hydrogen) atoms. The van der Waals surface area contributed by atoms with Gasteiger partial charge in [-0.3, -0.25) is 9.48 Å². The summed E-state index contributed by atoms with van der Waals surface area (Å²) in [7, 11) is 0. The lowest BCUT2D eigenvalue weighted by molar-refractivity contribution is -0.116. The van der Waals surface area contributed by atoms with Crippen molar-refractivity contribution in [1.82, 2.24) is 9.78 Å². The number of nitrogens with zero attached hydrogens (tertiary/aromatic N) is 2. The Bertz CT molecular complexity index is 533. The fourth-order valence-corrected chi connectivity index (χ4v) is 1.79. The van der Waals surface area contributed by atoms with Gasteiger partial charge in [-0.1, -0.05) is 30.3 Å². The van der Waals surface area contributed by atoms with Crippen LogP contribution in [0.15, 0.2) is 42.7 Å². The van der Waals surface area contributed by atoms with Crippen LogP contribution in [0.25, 0.3) is 0 Å². The summed E-state index contributed by atoms with van der Waals surface area (Å²) in [6, 6.07) is 9.89. The van der Waals surface area contributed by atoms with Gasteiger partial charge in [0.25, 0.3) is 0 Å². The molecule has 5 heteroatoms. The summed E-state index contributed by atoms with van der Waals surface area (Å²) in [5, 5.41) is 6.99. The van der Waals surface area contributed by atoms with E-state index < -0.39 is 0 Å². The summed E-state index contributed by atoms with van der Waals surface area (Å²) in [6.07, 6.45) is 3.76. The SMILES string of the molecule is CC(N)CC(=O)Nc1cnn(Cc2ccccc2)c1. The van der Waals surface area contributed by atoms with Crippen molar-refractivity contribution >= 4 is 11.6 Å². The van der Waals surface area contributed by atoms with Gasteiger partial charge in [0, 0.05) is 18.7 Å². The van der Waals surface area contributed by atoms with Gasteiger partial charge in [-0.15, -0.1) is 0 Å². The largest absolute Gasteiger partial charge is 0.327 e. The van der Waals surface area contributed by atoms with Crippen molar-refractivity contribution < 1.29 is 4.79 Å². The highest BCUT2D eigenvalue weighted by Crippen LogP contribution is 2.08. The standard InChI is InChI=1S/C14H18N4O/c1-11(15)7-14(19)17-13-8-16-18(10-13)9-12-5-3-2-4-6-12/h2-6,8,10-11H,7,9,15H2,1H3,(H,17,19). The Balaban J connectivity index is 1.94. The molecule has 1 unspecified atom stereocenters. The number of benzene rings is 1. The number of hydrogen-bond acceptors (Lipinski definition) is 3. The molecule has 0 aliphatic carbocycles. The zero-order chi connectivity index (χ0) is 13.7. The Morgan fingerprint density at radius 1 is 1.42 bits per heavy atom. The predicted octanol–water partition coefficient (Wildman–Crippen LogP) is 1.61. The first-order valence-corrected chi connectivity index (χ1v) is 6.25. The minimum Gasteiger partial charge on any atom is -0.327 e. The predicted molar refractivity (Wildman–Crippen MR) is 74.7 cm³/mol. The number of aromatic nitrogens is 2. The quantitative estimate of drug-likeness (QED) is 0.855. The summed E-state index contributed by atoms with van der Waals surface area (Å²) in [6.45, 7) is 2.49. The second-order valence-corrected chi connectivity index (χ2v) is 4.64. The lowest BCUT2D eigenvalue weighted by Crippen LogP contribution is -2.23. The molecule has 2 aromatic rings. The number of nitrogens with two attached hydrogens (primary N) is 1. The molecule has 5 nitrogen and oxygen atoms in total. The zero-order valence-electron chi connectivity index (χ0n) is 10.9. The van der Waals surface area contributed by atoms with Gasteiger partial charge >= 0.3 is 0 Å². The average Bonchev–Trinajstić information content (AvgIpc) is 2.76. The van der Waals surface area contributed by atoms with Crippen LogP contribution in [0.5, 0.6) is 0 Å². The van der Waals surface area contributed by atoms with Crippen LogP contribution in [0.4, 0.5) is 5.69 Å². The minimum absolute atomic E-state index is 0.0886. The molecule has 3 N–H and O–H groups in total. The van der Waals surface area contributed by atoms with Gasteiger partial charge < -0.3 is 11.1 Å². The molecule has 0 radical (unpaired) electrons. The van der Waals surface area contributed by atoms with Crippen LogP contribution in [0.2, 0.25) is 0 Å². The highest BCUT2D eigenvalue weighted by atomic mass is 16.1. The van der Waals surface area contributed by atoms with Gasteiger partial charge in [0.05, 0.1) is 18.4 Å². The summed E-state index contributed by atoms with van der Waals surface area (Å²) >= 11 is 0. The number of amides is 1. The number of anilines is 1. The molecule has 1 amide bonds. The molecule has 0 aliphatic heterocycles. The molecular weight excluding hydrogens is 240 g/mol. The molecule has 0 bridgehead atoms. The molecule has 0 aliphatic rings. The van der Waals surface area contributed by atoms with Crippen molar-refractivity contribution in [1.29, 1.82) is 0 Å². The number of carbonyl (C=O) groups excluding carboxylic acids is 1. The average molecular weight is 258 g/mol. The Morgan fingerprint density at radius 2 is 2.16 bits per heavy atom. The molecule has 0 fully saturated rings. The van der Waals surface area contributed by atoms with Crippen molar-refractivity contribution in [2.75, 3.05) is 5.32 Å². The van der Waals surface area contributed by atoms with Crippen LogP contribution >= 0.6 is 0 Å². The van der Waals surface area contributed by atoms with Crippen LogP contribution in [0, 0.1) is 0 Å². The zero-order valence-corrected chi connectivity index (χ0v) is 10.9. The van der Waals surface area contributed by atoms with Crippen molar-refractivity contribution in [3.05, 3.63) is 48.3 Å². The maximum Gasteiger partial charge on any atom is 0.226 e. The van der Waals surface area contributed by atoms with Gasteiger partial charge in [0.2, 0.25) is 5.91 Å². The van der Waals surface area contributed by atoms with Crippen LogP contribution in [-0.4, -0.2) is 21.7 Å². The normalized spacial score (nSPS) is 12.1. The second kappa shape index (κ2) is 6.15. The van der Waals surface area contributed by atoms with Gasteiger partial charge in [0.15, 0.2) is 0 Å². The lowest BCUT2D eigenvalue weighted by Gasteiger charge is -2.04. The van der Waals surface area contributed by atoms with Crippen molar-refractivity contribution in [2.24, 2.45) is 5.73 Å². The number of carbonyl (C=O) groups is 1. The van der Waals surface area contributed by atoms with E-state index in [1.54, 1.807) is 17.8 Å². The highest BCUT2D eigenvalue weighted by Gasteiger charge is 2.07. The molecule has 1 atom stereocenters. The number of hydrogen-bond donors (Lipinski definition) is 2. The van der Waals surface area contributed by atoms with Crippen LogP contribution in [0.3, 0.4) is 0 Å². The molecule has 1 heterocycles. The summed E-state index contributed by atoms with van der Waals surface area (Å²) in [5.41, 5.74) is 7.43. The van der Waals surface area contributed by atoms with E-state index in [1.165, 1.54) is 5.56 Å². The third-order valence-electron chi connectivity index (χ3n) is 2.61. The Morgan fingerprint density at radius 3 is 2.84 bits per heavy atom. The van der Waals surface area contributed by atoms with Crippen molar-refractivity contribution in [3.8, 4) is 0 Å². The van der Waals surface area contributed by atoms with Gasteiger partial charge in [-0.05, 0) is 12.5 Å². The van der Waals surface area contributed by atoms with E-state index >= 15 is 0 Å². The van der Waals surface area contributed by atoms with E-state index in [2.05, 4.69) is 10.4 Å². The van der Waals surface area contributed by atoms with Crippen LogP contribution < -0.4 is 11.1 Å². The molecule has 100 valence electrons.